The molecule has 0 saturated heterocycles. The predicted molar refractivity (Wildman–Crippen MR) is 80.2 cm³/mol. The van der Waals surface area contributed by atoms with Gasteiger partial charge in [-0.1, -0.05) is 6.07 Å². The van der Waals surface area contributed by atoms with Gasteiger partial charge in [-0.05, 0) is 43.0 Å². The second kappa shape index (κ2) is 4.77. The van der Waals surface area contributed by atoms with Crippen LogP contribution in [0.5, 0.6) is 0 Å². The van der Waals surface area contributed by atoms with E-state index in [0.29, 0.717) is 0 Å². The number of rotatable bonds is 2. The molecule has 1 atom stereocenters. The van der Waals surface area contributed by atoms with Crippen molar-refractivity contribution in [2.45, 2.75) is 25.3 Å². The van der Waals surface area contributed by atoms with Crippen LogP contribution < -0.4 is 5.32 Å². The van der Waals surface area contributed by atoms with E-state index in [-0.39, 0.29) is 11.9 Å². The molecule has 3 N–H and O–H groups in total. The lowest BCUT2D eigenvalue weighted by atomic mass is 9.93. The van der Waals surface area contributed by atoms with Crippen LogP contribution in [0.4, 0.5) is 0 Å². The minimum Gasteiger partial charge on any atom is -0.361 e. The molecule has 106 valence electrons. The topological polar surface area (TPSA) is 73.6 Å². The molecule has 1 aromatic carbocycles. The predicted octanol–water partition coefficient (Wildman–Crippen LogP) is 2.18. The van der Waals surface area contributed by atoms with E-state index in [2.05, 4.69) is 20.5 Å². The Bertz CT molecular complexity index is 801. The molecule has 4 rings (SSSR count). The van der Waals surface area contributed by atoms with E-state index in [4.69, 9.17) is 0 Å². The quantitative estimate of drug-likeness (QED) is 0.673. The SMILES string of the molecule is O=C(NC1CCc2[nH]ncc2C1)c1cccc2[nH]ccc12. The Morgan fingerprint density at radius 2 is 2.29 bits per heavy atom. The van der Waals surface area contributed by atoms with Gasteiger partial charge in [-0.3, -0.25) is 9.89 Å². The van der Waals surface area contributed by atoms with Gasteiger partial charge in [0.05, 0.1) is 6.20 Å². The van der Waals surface area contributed by atoms with Gasteiger partial charge >= 0.3 is 0 Å². The van der Waals surface area contributed by atoms with E-state index in [9.17, 15) is 4.79 Å². The third-order valence-corrected chi connectivity index (χ3v) is 4.19. The number of nitrogens with one attached hydrogen (secondary N) is 3. The van der Waals surface area contributed by atoms with Crippen LogP contribution in [0.3, 0.4) is 0 Å². The van der Waals surface area contributed by atoms with Crippen LogP contribution in [0, 0.1) is 0 Å². The molecular weight excluding hydrogens is 264 g/mol. The molecule has 1 amide bonds. The minimum atomic E-state index is -0.00264. The van der Waals surface area contributed by atoms with E-state index in [1.165, 1.54) is 11.3 Å². The third-order valence-electron chi connectivity index (χ3n) is 4.19. The Labute approximate surface area is 121 Å². The van der Waals surface area contributed by atoms with Crippen molar-refractivity contribution in [3.05, 3.63) is 53.5 Å². The van der Waals surface area contributed by atoms with Crippen molar-refractivity contribution in [1.29, 1.82) is 0 Å². The number of amides is 1. The Morgan fingerprint density at radius 3 is 3.24 bits per heavy atom. The van der Waals surface area contributed by atoms with Gasteiger partial charge in [-0.2, -0.15) is 5.10 Å². The number of nitrogens with zero attached hydrogens (tertiary/aromatic N) is 1. The van der Waals surface area contributed by atoms with Gasteiger partial charge < -0.3 is 10.3 Å². The van der Waals surface area contributed by atoms with E-state index in [1.807, 2.05) is 36.7 Å². The number of carbonyl (C=O) groups excluding carboxylic acids is 1. The smallest absolute Gasteiger partial charge is 0.252 e. The Hall–Kier alpha value is -2.56. The number of benzene rings is 1. The summed E-state index contributed by atoms with van der Waals surface area (Å²) in [5.74, 6) is -0.00264. The zero-order valence-corrected chi connectivity index (χ0v) is 11.5. The molecule has 0 spiro atoms. The summed E-state index contributed by atoms with van der Waals surface area (Å²) in [6.45, 7) is 0. The summed E-state index contributed by atoms with van der Waals surface area (Å²) in [4.78, 5) is 15.7. The van der Waals surface area contributed by atoms with Crippen LogP contribution in [0.25, 0.3) is 10.9 Å². The van der Waals surface area contributed by atoms with Gasteiger partial charge in [0.1, 0.15) is 0 Å². The molecular formula is C16H16N4O. The summed E-state index contributed by atoms with van der Waals surface area (Å²) in [6.07, 6.45) is 6.46. The van der Waals surface area contributed by atoms with Crippen molar-refractivity contribution < 1.29 is 4.79 Å². The summed E-state index contributed by atoms with van der Waals surface area (Å²) < 4.78 is 0. The fraction of sp³-hybridized carbons (Fsp3) is 0.250. The average Bonchev–Trinajstić information content (AvgIpc) is 3.14. The highest BCUT2D eigenvalue weighted by atomic mass is 16.1. The van der Waals surface area contributed by atoms with E-state index < -0.39 is 0 Å². The Kier molecular flexibility index (Phi) is 2.77. The fourth-order valence-corrected chi connectivity index (χ4v) is 3.09. The lowest BCUT2D eigenvalue weighted by molar-refractivity contribution is 0.0935. The Balaban J connectivity index is 1.55. The lowest BCUT2D eigenvalue weighted by Crippen LogP contribution is -2.38. The van der Waals surface area contributed by atoms with E-state index in [0.717, 1.165) is 35.7 Å². The molecule has 21 heavy (non-hydrogen) atoms. The van der Waals surface area contributed by atoms with Crippen LogP contribution in [0.15, 0.2) is 36.7 Å². The molecule has 5 nitrogen and oxygen atoms in total. The highest BCUT2D eigenvalue weighted by molar-refractivity contribution is 6.06. The van der Waals surface area contributed by atoms with Crippen LogP contribution in [0.2, 0.25) is 0 Å². The Morgan fingerprint density at radius 1 is 1.33 bits per heavy atom. The maximum atomic E-state index is 12.5. The maximum absolute atomic E-state index is 12.5. The normalized spacial score (nSPS) is 17.6. The number of H-pyrrole nitrogens is 2. The maximum Gasteiger partial charge on any atom is 0.252 e. The zero-order chi connectivity index (χ0) is 14.2. The molecule has 2 aromatic heterocycles. The first-order chi connectivity index (χ1) is 10.3. The van der Waals surface area contributed by atoms with Crippen molar-refractivity contribution in [2.75, 3.05) is 0 Å². The molecule has 2 heterocycles. The molecule has 1 aliphatic rings. The first-order valence-corrected chi connectivity index (χ1v) is 7.19. The van der Waals surface area contributed by atoms with Crippen molar-refractivity contribution in [3.8, 4) is 0 Å². The molecule has 5 heteroatoms. The van der Waals surface area contributed by atoms with Crippen molar-refractivity contribution in [3.63, 3.8) is 0 Å². The zero-order valence-electron chi connectivity index (χ0n) is 11.5. The standard InChI is InChI=1S/C16H16N4O/c21-16(13-2-1-3-15-12(13)6-7-17-15)19-11-4-5-14-10(8-11)9-18-20-14/h1-3,6-7,9,11,17H,4-5,8H2,(H,18,20)(H,19,21). The molecule has 3 aromatic rings. The fourth-order valence-electron chi connectivity index (χ4n) is 3.09. The molecule has 1 aliphatic carbocycles. The van der Waals surface area contributed by atoms with Gasteiger partial charge in [0.25, 0.3) is 5.91 Å². The second-order valence-corrected chi connectivity index (χ2v) is 5.53. The van der Waals surface area contributed by atoms with Gasteiger partial charge in [0.15, 0.2) is 0 Å². The van der Waals surface area contributed by atoms with Crippen LogP contribution >= 0.6 is 0 Å². The number of hydrogen-bond donors (Lipinski definition) is 3. The summed E-state index contributed by atoms with van der Waals surface area (Å²) in [7, 11) is 0. The number of fused-ring (bicyclic) bond motifs is 2. The largest absolute Gasteiger partial charge is 0.361 e. The number of hydrogen-bond acceptors (Lipinski definition) is 2. The third kappa shape index (κ3) is 2.11. The molecule has 1 unspecified atom stereocenters. The highest BCUT2D eigenvalue weighted by Crippen LogP contribution is 2.21. The molecule has 0 aliphatic heterocycles. The summed E-state index contributed by atoms with van der Waals surface area (Å²) >= 11 is 0. The molecule has 0 bridgehead atoms. The second-order valence-electron chi connectivity index (χ2n) is 5.53. The average molecular weight is 280 g/mol. The summed E-state index contributed by atoms with van der Waals surface area (Å²) in [5, 5.41) is 11.2. The summed E-state index contributed by atoms with van der Waals surface area (Å²) in [6, 6.07) is 7.88. The number of aryl methyl sites for hydroxylation is 1. The van der Waals surface area contributed by atoms with E-state index >= 15 is 0 Å². The lowest BCUT2D eigenvalue weighted by Gasteiger charge is -2.23. The van der Waals surface area contributed by atoms with Crippen LogP contribution in [0.1, 0.15) is 28.0 Å². The van der Waals surface area contributed by atoms with Gasteiger partial charge in [0.2, 0.25) is 0 Å². The number of aromatic nitrogens is 3. The number of aromatic amines is 2. The van der Waals surface area contributed by atoms with Crippen molar-refractivity contribution in [1.82, 2.24) is 20.5 Å². The van der Waals surface area contributed by atoms with E-state index in [1.54, 1.807) is 0 Å². The highest BCUT2D eigenvalue weighted by Gasteiger charge is 2.22. The van der Waals surface area contributed by atoms with Crippen molar-refractivity contribution in [2.24, 2.45) is 0 Å². The molecule has 0 fully saturated rings. The molecule has 0 radical (unpaired) electrons. The summed E-state index contributed by atoms with van der Waals surface area (Å²) in [5.41, 5.74) is 4.13. The van der Waals surface area contributed by atoms with Crippen LogP contribution in [-0.2, 0) is 12.8 Å². The van der Waals surface area contributed by atoms with Gasteiger partial charge in [-0.25, -0.2) is 0 Å². The monoisotopic (exact) mass is 280 g/mol. The van der Waals surface area contributed by atoms with Gasteiger partial charge in [-0.15, -0.1) is 0 Å². The first-order valence-electron chi connectivity index (χ1n) is 7.19. The number of carbonyl (C=O) groups is 1. The van der Waals surface area contributed by atoms with Crippen molar-refractivity contribution >= 4 is 16.8 Å². The molecule has 0 saturated carbocycles. The minimum absolute atomic E-state index is 0.00264. The van der Waals surface area contributed by atoms with Gasteiger partial charge in [0, 0.05) is 34.4 Å². The first kappa shape index (κ1) is 12.2. The van der Waals surface area contributed by atoms with Crippen LogP contribution in [-0.4, -0.2) is 27.1 Å².